The van der Waals surface area contributed by atoms with Gasteiger partial charge in [0.15, 0.2) is 12.2 Å². The van der Waals surface area contributed by atoms with E-state index in [1.807, 2.05) is 24.3 Å². The molecular formula is C23H26N4O3. The van der Waals surface area contributed by atoms with Gasteiger partial charge in [0.1, 0.15) is 5.78 Å². The molecule has 156 valence electrons. The van der Waals surface area contributed by atoms with Crippen molar-refractivity contribution in [2.45, 2.75) is 38.1 Å². The predicted octanol–water partition coefficient (Wildman–Crippen LogP) is 3.29. The lowest BCUT2D eigenvalue weighted by molar-refractivity contribution is -0.123. The van der Waals surface area contributed by atoms with Gasteiger partial charge in [-0.05, 0) is 49.9 Å². The Morgan fingerprint density at radius 1 is 1.07 bits per heavy atom. The minimum Gasteiger partial charge on any atom is -0.444 e. The van der Waals surface area contributed by atoms with Crippen molar-refractivity contribution in [3.05, 3.63) is 42.5 Å². The summed E-state index contributed by atoms with van der Waals surface area (Å²) in [6, 6.07) is 8.44. The lowest BCUT2D eigenvalue weighted by atomic mass is 9.81. The summed E-state index contributed by atoms with van der Waals surface area (Å²) in [5.74, 6) is 1.14. The minimum absolute atomic E-state index is 0.139. The van der Waals surface area contributed by atoms with Gasteiger partial charge in [0.2, 0.25) is 0 Å². The summed E-state index contributed by atoms with van der Waals surface area (Å²) in [6.07, 6.45) is 7.59. The maximum atomic E-state index is 12.9. The number of aromatic nitrogens is 3. The van der Waals surface area contributed by atoms with E-state index in [1.165, 1.54) is 6.39 Å². The van der Waals surface area contributed by atoms with Gasteiger partial charge in [0.05, 0.1) is 37.0 Å². The average molecular weight is 406 g/mol. The van der Waals surface area contributed by atoms with E-state index in [0.29, 0.717) is 18.2 Å². The molecule has 1 saturated heterocycles. The first-order valence-corrected chi connectivity index (χ1v) is 10.8. The maximum Gasteiger partial charge on any atom is 0.181 e. The molecule has 1 aliphatic carbocycles. The molecule has 30 heavy (non-hydrogen) atoms. The number of hydrogen-bond acceptors (Lipinski definition) is 7. The molecule has 0 spiro atoms. The Labute approximate surface area is 175 Å². The van der Waals surface area contributed by atoms with E-state index in [9.17, 15) is 4.79 Å². The molecule has 3 aromatic rings. The average Bonchev–Trinajstić information content (AvgIpc) is 3.34. The van der Waals surface area contributed by atoms with Gasteiger partial charge in [-0.1, -0.05) is 0 Å². The van der Waals surface area contributed by atoms with Crippen molar-refractivity contribution >= 4 is 16.7 Å². The molecule has 0 atom stereocenters. The van der Waals surface area contributed by atoms with Gasteiger partial charge in [-0.2, -0.15) is 10.2 Å². The van der Waals surface area contributed by atoms with Crippen LogP contribution in [0.1, 0.15) is 31.4 Å². The topological polar surface area (TPSA) is 81.3 Å². The summed E-state index contributed by atoms with van der Waals surface area (Å²) in [6.45, 7) is 3.70. The molecule has 0 amide bonds. The monoisotopic (exact) mass is 406 g/mol. The summed E-state index contributed by atoms with van der Waals surface area (Å²) < 4.78 is 10.8. The highest BCUT2D eigenvalue weighted by Crippen LogP contribution is 2.30. The third kappa shape index (κ3) is 4.13. The van der Waals surface area contributed by atoms with Crippen molar-refractivity contribution in [2.24, 2.45) is 5.92 Å². The van der Waals surface area contributed by atoms with E-state index in [1.54, 1.807) is 6.20 Å². The fourth-order valence-corrected chi connectivity index (χ4v) is 4.71. The van der Waals surface area contributed by atoms with Crippen molar-refractivity contribution < 1.29 is 13.9 Å². The highest BCUT2D eigenvalue weighted by atomic mass is 16.5. The second-order valence-corrected chi connectivity index (χ2v) is 8.27. The molecule has 0 unspecified atom stereocenters. The number of morpholine rings is 1. The number of rotatable bonds is 5. The molecule has 2 aromatic heterocycles. The van der Waals surface area contributed by atoms with Gasteiger partial charge in [-0.25, -0.2) is 4.98 Å². The Hall–Kier alpha value is -2.64. The molecule has 1 aliphatic heterocycles. The number of fused-ring (bicyclic) bond motifs is 1. The summed E-state index contributed by atoms with van der Waals surface area (Å²) in [7, 11) is 0. The van der Waals surface area contributed by atoms with Gasteiger partial charge in [-0.15, -0.1) is 0 Å². The van der Waals surface area contributed by atoms with Crippen LogP contribution in [0.3, 0.4) is 0 Å². The molecule has 1 aromatic carbocycles. The van der Waals surface area contributed by atoms with Crippen LogP contribution in [0.4, 0.5) is 0 Å². The summed E-state index contributed by atoms with van der Waals surface area (Å²) >= 11 is 0. The van der Waals surface area contributed by atoms with E-state index in [0.717, 1.165) is 74.1 Å². The third-order valence-electron chi connectivity index (χ3n) is 6.42. The number of carbonyl (C=O) groups excluding carboxylic acids is 1. The van der Waals surface area contributed by atoms with Crippen molar-refractivity contribution in [1.29, 1.82) is 0 Å². The smallest absolute Gasteiger partial charge is 0.181 e. The summed E-state index contributed by atoms with van der Waals surface area (Å²) in [4.78, 5) is 19.4. The fraction of sp³-hybridized carbons (Fsp3) is 0.478. The Morgan fingerprint density at radius 2 is 1.90 bits per heavy atom. The Balaban J connectivity index is 1.23. The second kappa shape index (κ2) is 8.62. The van der Waals surface area contributed by atoms with E-state index in [2.05, 4.69) is 20.1 Å². The van der Waals surface area contributed by atoms with Crippen LogP contribution in [-0.2, 0) is 16.0 Å². The highest BCUT2D eigenvalue weighted by molar-refractivity contribution is 5.86. The van der Waals surface area contributed by atoms with Gasteiger partial charge >= 0.3 is 0 Å². The zero-order valence-electron chi connectivity index (χ0n) is 17.0. The molecule has 1 saturated carbocycles. The highest BCUT2D eigenvalue weighted by Gasteiger charge is 2.30. The third-order valence-corrected chi connectivity index (χ3v) is 6.42. The van der Waals surface area contributed by atoms with Crippen LogP contribution in [0, 0.1) is 5.92 Å². The first-order chi connectivity index (χ1) is 14.8. The zero-order chi connectivity index (χ0) is 20.3. The van der Waals surface area contributed by atoms with Crippen molar-refractivity contribution in [2.75, 3.05) is 26.3 Å². The molecule has 0 radical (unpaired) electrons. The predicted molar refractivity (Wildman–Crippen MR) is 112 cm³/mol. The van der Waals surface area contributed by atoms with Crippen LogP contribution in [0.15, 0.2) is 41.3 Å². The van der Waals surface area contributed by atoms with Gasteiger partial charge in [0, 0.05) is 36.0 Å². The van der Waals surface area contributed by atoms with E-state index < -0.39 is 0 Å². The lowest BCUT2D eigenvalue weighted by Gasteiger charge is -2.38. The van der Waals surface area contributed by atoms with Crippen molar-refractivity contribution in [3.63, 3.8) is 0 Å². The molecule has 0 bridgehead atoms. The van der Waals surface area contributed by atoms with Crippen LogP contribution < -0.4 is 0 Å². The van der Waals surface area contributed by atoms with Gasteiger partial charge < -0.3 is 9.15 Å². The van der Waals surface area contributed by atoms with E-state index >= 15 is 0 Å². The number of ether oxygens (including phenoxy) is 1. The summed E-state index contributed by atoms with van der Waals surface area (Å²) in [5.41, 5.74) is 2.48. The van der Waals surface area contributed by atoms with Crippen molar-refractivity contribution in [1.82, 2.24) is 20.1 Å². The molecular weight excluding hydrogens is 380 g/mol. The molecule has 3 heterocycles. The summed E-state index contributed by atoms with van der Waals surface area (Å²) in [5, 5.41) is 9.56. The normalized spacial score (nSPS) is 22.9. The molecule has 0 N–H and O–H groups in total. The number of benzene rings is 1. The van der Waals surface area contributed by atoms with Crippen LogP contribution in [0.2, 0.25) is 0 Å². The maximum absolute atomic E-state index is 12.9. The number of hydrogen-bond donors (Lipinski definition) is 0. The minimum atomic E-state index is 0.139. The van der Waals surface area contributed by atoms with Gasteiger partial charge in [0.25, 0.3) is 0 Å². The first-order valence-electron chi connectivity index (χ1n) is 10.8. The molecule has 2 fully saturated rings. The van der Waals surface area contributed by atoms with Gasteiger partial charge in [-0.3, -0.25) is 9.69 Å². The Morgan fingerprint density at radius 3 is 2.67 bits per heavy atom. The number of oxazole rings is 1. The second-order valence-electron chi connectivity index (χ2n) is 8.27. The zero-order valence-corrected chi connectivity index (χ0v) is 17.0. The van der Waals surface area contributed by atoms with E-state index in [4.69, 9.17) is 9.15 Å². The van der Waals surface area contributed by atoms with E-state index in [-0.39, 0.29) is 11.7 Å². The van der Waals surface area contributed by atoms with Crippen LogP contribution in [0.25, 0.3) is 22.2 Å². The number of ketones is 1. The molecule has 5 rings (SSSR count). The Kier molecular flexibility index (Phi) is 5.55. The Bertz CT molecular complexity index is 1010. The first kappa shape index (κ1) is 19.3. The lowest BCUT2D eigenvalue weighted by Crippen LogP contribution is -2.45. The molecule has 2 aliphatic rings. The quantitative estimate of drug-likeness (QED) is 0.643. The van der Waals surface area contributed by atoms with Crippen LogP contribution in [-0.4, -0.2) is 58.2 Å². The number of nitrogens with zero attached hydrogens (tertiary/aromatic N) is 4. The van der Waals surface area contributed by atoms with Crippen LogP contribution in [0.5, 0.6) is 0 Å². The number of Topliss-reactive ketones (excluding diaryl/α,β-unsaturated/α-hetero) is 1. The standard InChI is InChI=1S/C23H26N4O3/c28-22(16-1-4-20(5-2-16)27-7-9-29-10-8-27)13-19-12-18-11-17(23-14-24-15-30-23)3-6-21(18)26-25-19/h3,6,11-12,14-16,20H,1-2,4-5,7-10,13H2. The molecule has 7 nitrogen and oxygen atoms in total. The fourth-order valence-electron chi connectivity index (χ4n) is 4.71. The number of carbonyl (C=O) groups is 1. The molecule has 7 heteroatoms. The largest absolute Gasteiger partial charge is 0.444 e. The van der Waals surface area contributed by atoms with Crippen molar-refractivity contribution in [3.8, 4) is 11.3 Å². The van der Waals surface area contributed by atoms with Crippen LogP contribution >= 0.6 is 0 Å². The SMILES string of the molecule is O=C(Cc1cc2cc(-c3cnco3)ccc2nn1)C1CCC(N2CCOCC2)CC1.